The van der Waals surface area contributed by atoms with E-state index < -0.39 is 0 Å². The minimum atomic E-state index is 0.245. The Bertz CT molecular complexity index is 547. The summed E-state index contributed by atoms with van der Waals surface area (Å²) in [6.45, 7) is 9.64. The van der Waals surface area contributed by atoms with Crippen LogP contribution >= 0.6 is 11.3 Å². The molecule has 2 aliphatic heterocycles. The number of nitrogens with one attached hydrogen (secondary N) is 2. The van der Waals surface area contributed by atoms with Gasteiger partial charge < -0.3 is 15.4 Å². The summed E-state index contributed by atoms with van der Waals surface area (Å²) in [5.74, 6) is 0.845. The number of nitrogens with zero attached hydrogens (tertiary/aromatic N) is 3. The van der Waals surface area contributed by atoms with Gasteiger partial charge in [0.2, 0.25) is 0 Å². The van der Waals surface area contributed by atoms with Gasteiger partial charge in [-0.3, -0.25) is 4.90 Å². The summed E-state index contributed by atoms with van der Waals surface area (Å²) >= 11 is 1.74. The lowest BCUT2D eigenvalue weighted by atomic mass is 10.2. The Hall–Kier alpha value is -1.18. The van der Waals surface area contributed by atoms with Gasteiger partial charge in [0.1, 0.15) is 5.01 Å². The molecule has 2 aliphatic rings. The summed E-state index contributed by atoms with van der Waals surface area (Å²) in [5, 5.41) is 7.80. The summed E-state index contributed by atoms with van der Waals surface area (Å²) in [7, 11) is 0. The van der Waals surface area contributed by atoms with Crippen molar-refractivity contribution in [3.8, 4) is 0 Å². The summed E-state index contributed by atoms with van der Waals surface area (Å²) in [6.07, 6.45) is 5.84. The Morgan fingerprint density at radius 2 is 2.38 bits per heavy atom. The lowest BCUT2D eigenvalue weighted by Crippen LogP contribution is -2.51. The average molecular weight is 352 g/mol. The molecule has 0 radical (unpaired) electrons. The molecular weight excluding hydrogens is 322 g/mol. The van der Waals surface area contributed by atoms with Crippen molar-refractivity contribution in [1.29, 1.82) is 0 Å². The highest BCUT2D eigenvalue weighted by molar-refractivity contribution is 7.11. The highest BCUT2D eigenvalue weighted by Crippen LogP contribution is 2.22. The van der Waals surface area contributed by atoms with Crippen LogP contribution in [0.25, 0.3) is 0 Å². The summed E-state index contributed by atoms with van der Waals surface area (Å²) < 4.78 is 6.00. The van der Waals surface area contributed by atoms with E-state index in [1.54, 1.807) is 11.3 Å². The van der Waals surface area contributed by atoms with Crippen molar-refractivity contribution in [1.82, 2.24) is 20.5 Å². The number of hydrogen-bond acceptors (Lipinski definition) is 5. The van der Waals surface area contributed by atoms with Gasteiger partial charge in [0.15, 0.2) is 5.96 Å². The molecule has 0 aliphatic carbocycles. The predicted molar refractivity (Wildman–Crippen MR) is 98.6 cm³/mol. The fourth-order valence-corrected chi connectivity index (χ4v) is 4.08. The van der Waals surface area contributed by atoms with Crippen molar-refractivity contribution in [3.63, 3.8) is 0 Å². The molecule has 0 amide bonds. The van der Waals surface area contributed by atoms with Crippen LogP contribution in [-0.2, 0) is 17.7 Å². The number of ether oxygens (including phenoxy) is 1. The molecule has 3 rings (SSSR count). The van der Waals surface area contributed by atoms with Crippen LogP contribution in [0.5, 0.6) is 0 Å². The fourth-order valence-electron chi connectivity index (χ4n) is 3.29. The van der Waals surface area contributed by atoms with E-state index in [4.69, 9.17) is 4.74 Å². The number of hydrogen-bond donors (Lipinski definition) is 2. The van der Waals surface area contributed by atoms with E-state index in [9.17, 15) is 0 Å². The minimum absolute atomic E-state index is 0.245. The Morgan fingerprint density at radius 3 is 3.17 bits per heavy atom. The monoisotopic (exact) mass is 351 g/mol. The number of rotatable bonds is 6. The fraction of sp³-hybridized carbons (Fsp3) is 0.765. The number of aryl methyl sites for hydroxylation is 1. The maximum absolute atomic E-state index is 6.00. The standard InChI is InChI=1S/C17H29N5OS/c1-3-15-9-19-16(24-15)10-21-17(18-4-2)20-8-14-11-22-7-5-6-13(22)12-23-14/h9,13-14H,3-8,10-12H2,1-2H3,(H2,18,20,21). The number of aliphatic imine (C=N–C) groups is 1. The number of fused-ring (bicyclic) bond motifs is 1. The molecule has 2 N–H and O–H groups in total. The molecule has 0 bridgehead atoms. The van der Waals surface area contributed by atoms with Crippen molar-refractivity contribution in [3.05, 3.63) is 16.1 Å². The maximum Gasteiger partial charge on any atom is 0.191 e. The van der Waals surface area contributed by atoms with E-state index in [0.29, 0.717) is 12.6 Å². The molecule has 2 atom stereocenters. The Balaban J connectivity index is 1.48. The number of morpholine rings is 1. The topological polar surface area (TPSA) is 61.8 Å². The van der Waals surface area contributed by atoms with Gasteiger partial charge in [-0.2, -0.15) is 0 Å². The minimum Gasteiger partial charge on any atom is -0.373 e. The van der Waals surface area contributed by atoms with Gasteiger partial charge in [-0.25, -0.2) is 9.98 Å². The molecule has 0 saturated carbocycles. The van der Waals surface area contributed by atoms with Crippen LogP contribution < -0.4 is 10.6 Å². The normalized spacial score (nSPS) is 24.8. The highest BCUT2D eigenvalue weighted by atomic mass is 32.1. The molecule has 6 nitrogen and oxygen atoms in total. The molecule has 2 fully saturated rings. The molecule has 134 valence electrons. The van der Waals surface area contributed by atoms with Crippen LogP contribution in [0.1, 0.15) is 36.6 Å². The zero-order valence-corrected chi connectivity index (χ0v) is 15.6. The van der Waals surface area contributed by atoms with Crippen LogP contribution in [0.4, 0.5) is 0 Å². The summed E-state index contributed by atoms with van der Waals surface area (Å²) in [6, 6.07) is 0.654. The van der Waals surface area contributed by atoms with E-state index in [-0.39, 0.29) is 6.10 Å². The van der Waals surface area contributed by atoms with E-state index in [2.05, 4.69) is 39.4 Å². The van der Waals surface area contributed by atoms with Crippen LogP contribution in [0.15, 0.2) is 11.2 Å². The smallest absolute Gasteiger partial charge is 0.191 e. The maximum atomic E-state index is 6.00. The summed E-state index contributed by atoms with van der Waals surface area (Å²) in [5.41, 5.74) is 0. The molecule has 0 spiro atoms. The van der Waals surface area contributed by atoms with Crippen molar-refractivity contribution in [2.75, 3.05) is 32.8 Å². The van der Waals surface area contributed by atoms with E-state index in [1.165, 1.54) is 24.3 Å². The molecule has 3 heterocycles. The first-order valence-electron chi connectivity index (χ1n) is 9.10. The van der Waals surface area contributed by atoms with Crippen LogP contribution in [-0.4, -0.2) is 60.8 Å². The molecule has 0 aromatic carbocycles. The number of guanidine groups is 1. The Morgan fingerprint density at radius 1 is 1.46 bits per heavy atom. The second-order valence-electron chi connectivity index (χ2n) is 6.40. The lowest BCUT2D eigenvalue weighted by Gasteiger charge is -2.35. The van der Waals surface area contributed by atoms with Crippen molar-refractivity contribution in [2.24, 2.45) is 4.99 Å². The molecule has 2 saturated heterocycles. The van der Waals surface area contributed by atoms with E-state index in [1.807, 2.05) is 6.20 Å². The largest absolute Gasteiger partial charge is 0.373 e. The third-order valence-corrected chi connectivity index (χ3v) is 5.75. The Labute approximate surface area is 148 Å². The van der Waals surface area contributed by atoms with Crippen molar-refractivity contribution in [2.45, 2.75) is 51.8 Å². The van der Waals surface area contributed by atoms with E-state index in [0.717, 1.165) is 43.6 Å². The van der Waals surface area contributed by atoms with Gasteiger partial charge >= 0.3 is 0 Å². The van der Waals surface area contributed by atoms with Crippen LogP contribution in [0.3, 0.4) is 0 Å². The van der Waals surface area contributed by atoms with Crippen LogP contribution in [0.2, 0.25) is 0 Å². The first-order chi connectivity index (χ1) is 11.8. The molecule has 24 heavy (non-hydrogen) atoms. The first-order valence-corrected chi connectivity index (χ1v) is 9.91. The zero-order valence-electron chi connectivity index (χ0n) is 14.8. The Kier molecular flexibility index (Phi) is 6.45. The average Bonchev–Trinajstić information content (AvgIpc) is 3.25. The van der Waals surface area contributed by atoms with Gasteiger partial charge in [-0.15, -0.1) is 11.3 Å². The number of thiazole rings is 1. The SMILES string of the molecule is CCNC(=NCc1ncc(CC)s1)NCC1CN2CCCC2CO1. The molecule has 2 unspecified atom stereocenters. The van der Waals surface area contributed by atoms with E-state index >= 15 is 0 Å². The van der Waals surface area contributed by atoms with Crippen LogP contribution in [0, 0.1) is 0 Å². The molecule has 1 aromatic rings. The van der Waals surface area contributed by atoms with Crippen molar-refractivity contribution < 1.29 is 4.74 Å². The second kappa shape index (κ2) is 8.78. The molecular formula is C17H29N5OS. The second-order valence-corrected chi connectivity index (χ2v) is 7.60. The van der Waals surface area contributed by atoms with Gasteiger partial charge in [0, 0.05) is 36.8 Å². The molecule has 7 heteroatoms. The van der Waals surface area contributed by atoms with Gasteiger partial charge in [0.25, 0.3) is 0 Å². The lowest BCUT2D eigenvalue weighted by molar-refractivity contribution is -0.0453. The first kappa shape index (κ1) is 17.6. The highest BCUT2D eigenvalue weighted by Gasteiger charge is 2.32. The number of aromatic nitrogens is 1. The van der Waals surface area contributed by atoms with Gasteiger partial charge in [0.05, 0.1) is 19.3 Å². The molecule has 1 aromatic heterocycles. The quantitative estimate of drug-likeness (QED) is 0.602. The van der Waals surface area contributed by atoms with Crippen molar-refractivity contribution >= 4 is 17.3 Å². The zero-order chi connectivity index (χ0) is 16.8. The third kappa shape index (κ3) is 4.68. The summed E-state index contributed by atoms with van der Waals surface area (Å²) in [4.78, 5) is 13.0. The van der Waals surface area contributed by atoms with Gasteiger partial charge in [-0.1, -0.05) is 6.92 Å². The predicted octanol–water partition coefficient (Wildman–Crippen LogP) is 1.62. The van der Waals surface area contributed by atoms with Gasteiger partial charge in [-0.05, 0) is 32.7 Å². The third-order valence-electron chi connectivity index (χ3n) is 4.63.